The van der Waals surface area contributed by atoms with E-state index < -0.39 is 0 Å². The van der Waals surface area contributed by atoms with Crippen LogP contribution in [0.1, 0.15) is 16.7 Å². The van der Waals surface area contributed by atoms with Crippen molar-refractivity contribution in [3.8, 4) is 11.5 Å². The van der Waals surface area contributed by atoms with Crippen molar-refractivity contribution in [2.45, 2.75) is 20.1 Å². The third-order valence-electron chi connectivity index (χ3n) is 4.00. The average Bonchev–Trinajstić information content (AvgIpc) is 2.66. The predicted molar refractivity (Wildman–Crippen MR) is 100 cm³/mol. The molecule has 0 aliphatic rings. The fourth-order valence-corrected chi connectivity index (χ4v) is 2.59. The van der Waals surface area contributed by atoms with Crippen molar-refractivity contribution in [2.75, 3.05) is 12.4 Å². The number of aromatic nitrogens is 1. The first-order valence-corrected chi connectivity index (χ1v) is 8.27. The summed E-state index contributed by atoms with van der Waals surface area (Å²) in [7, 11) is 1.92. The van der Waals surface area contributed by atoms with Crippen LogP contribution < -0.4 is 14.8 Å². The topological polar surface area (TPSA) is 43.4 Å². The number of anilines is 1. The van der Waals surface area contributed by atoms with Gasteiger partial charge >= 0.3 is 0 Å². The molecule has 128 valence electrons. The Morgan fingerprint density at radius 1 is 0.920 bits per heavy atom. The van der Waals surface area contributed by atoms with Gasteiger partial charge in [-0.3, -0.25) is 4.98 Å². The number of nitrogens with one attached hydrogen (secondary N) is 1. The molecule has 2 aromatic carbocycles. The van der Waals surface area contributed by atoms with E-state index in [4.69, 9.17) is 9.47 Å². The van der Waals surface area contributed by atoms with E-state index in [-0.39, 0.29) is 0 Å². The van der Waals surface area contributed by atoms with Crippen molar-refractivity contribution in [3.63, 3.8) is 0 Å². The third kappa shape index (κ3) is 4.51. The van der Waals surface area contributed by atoms with Crippen LogP contribution in [0.2, 0.25) is 0 Å². The molecule has 4 heteroatoms. The molecule has 25 heavy (non-hydrogen) atoms. The van der Waals surface area contributed by atoms with Gasteiger partial charge in [-0.2, -0.15) is 0 Å². The minimum absolute atomic E-state index is 0.485. The minimum Gasteiger partial charge on any atom is -0.489 e. The zero-order valence-electron chi connectivity index (χ0n) is 14.5. The summed E-state index contributed by atoms with van der Waals surface area (Å²) in [6, 6.07) is 17.8. The molecule has 3 rings (SSSR count). The summed E-state index contributed by atoms with van der Waals surface area (Å²) in [6.07, 6.45) is 3.56. The first-order valence-electron chi connectivity index (χ1n) is 8.27. The SMILES string of the molecule is CNc1cccc(C)c1COc1cccc(OCc2cccnc2)c1. The smallest absolute Gasteiger partial charge is 0.123 e. The molecule has 0 bridgehead atoms. The van der Waals surface area contributed by atoms with E-state index in [0.29, 0.717) is 13.2 Å². The average molecular weight is 334 g/mol. The van der Waals surface area contributed by atoms with Gasteiger partial charge in [0.25, 0.3) is 0 Å². The Balaban J connectivity index is 1.64. The highest BCUT2D eigenvalue weighted by molar-refractivity contribution is 5.54. The lowest BCUT2D eigenvalue weighted by Crippen LogP contribution is -2.03. The molecule has 0 atom stereocenters. The summed E-state index contributed by atoms with van der Waals surface area (Å²) < 4.78 is 11.8. The van der Waals surface area contributed by atoms with Crippen LogP contribution in [0, 0.1) is 6.92 Å². The molecule has 0 saturated carbocycles. The molecular weight excluding hydrogens is 312 g/mol. The van der Waals surface area contributed by atoms with Gasteiger partial charge in [0, 0.05) is 42.3 Å². The number of nitrogens with zero attached hydrogens (tertiary/aromatic N) is 1. The van der Waals surface area contributed by atoms with E-state index >= 15 is 0 Å². The number of hydrogen-bond acceptors (Lipinski definition) is 4. The molecule has 1 N–H and O–H groups in total. The molecule has 0 aliphatic carbocycles. The van der Waals surface area contributed by atoms with E-state index in [9.17, 15) is 0 Å². The van der Waals surface area contributed by atoms with Gasteiger partial charge in [-0.15, -0.1) is 0 Å². The number of ether oxygens (including phenoxy) is 2. The van der Waals surface area contributed by atoms with Crippen LogP contribution in [0.25, 0.3) is 0 Å². The summed E-state index contributed by atoms with van der Waals surface area (Å²) >= 11 is 0. The van der Waals surface area contributed by atoms with Crippen molar-refractivity contribution in [2.24, 2.45) is 0 Å². The molecule has 0 aliphatic heterocycles. The molecule has 3 aromatic rings. The molecular formula is C21H22N2O2. The second kappa shape index (κ2) is 8.20. The standard InChI is InChI=1S/C21H22N2O2/c1-16-6-3-10-21(22-2)20(16)15-25-19-9-4-8-18(12-19)24-14-17-7-5-11-23-13-17/h3-13,22H,14-15H2,1-2H3. The molecule has 1 aromatic heterocycles. The fourth-order valence-electron chi connectivity index (χ4n) is 2.59. The Morgan fingerprint density at radius 2 is 1.68 bits per heavy atom. The van der Waals surface area contributed by atoms with E-state index in [1.54, 1.807) is 12.4 Å². The van der Waals surface area contributed by atoms with E-state index in [0.717, 1.165) is 28.3 Å². The molecule has 0 fully saturated rings. The lowest BCUT2D eigenvalue weighted by atomic mass is 10.1. The first-order chi connectivity index (χ1) is 12.3. The van der Waals surface area contributed by atoms with Crippen molar-refractivity contribution >= 4 is 5.69 Å². The minimum atomic E-state index is 0.485. The van der Waals surface area contributed by atoms with Crippen LogP contribution in [-0.2, 0) is 13.2 Å². The molecule has 0 radical (unpaired) electrons. The summed E-state index contributed by atoms with van der Waals surface area (Å²) in [5.41, 5.74) is 4.49. The zero-order chi connectivity index (χ0) is 17.5. The maximum absolute atomic E-state index is 5.98. The van der Waals surface area contributed by atoms with Crippen molar-refractivity contribution < 1.29 is 9.47 Å². The number of aryl methyl sites for hydroxylation is 1. The lowest BCUT2D eigenvalue weighted by Gasteiger charge is -2.14. The quantitative estimate of drug-likeness (QED) is 0.686. The van der Waals surface area contributed by atoms with Gasteiger partial charge in [-0.25, -0.2) is 0 Å². The van der Waals surface area contributed by atoms with Crippen LogP contribution in [0.5, 0.6) is 11.5 Å². The summed E-state index contributed by atoms with van der Waals surface area (Å²) in [5.74, 6) is 1.56. The summed E-state index contributed by atoms with van der Waals surface area (Å²) in [4.78, 5) is 4.09. The Hall–Kier alpha value is -3.01. The Bertz CT molecular complexity index is 819. The Kier molecular flexibility index (Phi) is 5.52. The Labute approximate surface area is 148 Å². The van der Waals surface area contributed by atoms with Gasteiger partial charge in [-0.1, -0.05) is 24.3 Å². The van der Waals surface area contributed by atoms with E-state index in [2.05, 4.69) is 29.4 Å². The van der Waals surface area contributed by atoms with Crippen molar-refractivity contribution in [3.05, 3.63) is 83.7 Å². The highest BCUT2D eigenvalue weighted by Crippen LogP contribution is 2.24. The highest BCUT2D eigenvalue weighted by Gasteiger charge is 2.06. The number of pyridine rings is 1. The maximum Gasteiger partial charge on any atom is 0.123 e. The van der Waals surface area contributed by atoms with Gasteiger partial charge < -0.3 is 14.8 Å². The van der Waals surface area contributed by atoms with Gasteiger partial charge in [0.05, 0.1) is 0 Å². The van der Waals surface area contributed by atoms with E-state index in [1.165, 1.54) is 5.56 Å². The molecule has 4 nitrogen and oxygen atoms in total. The number of rotatable bonds is 7. The van der Waals surface area contributed by atoms with Crippen LogP contribution in [0.15, 0.2) is 67.0 Å². The van der Waals surface area contributed by atoms with Gasteiger partial charge in [-0.05, 0) is 36.8 Å². The molecule has 0 unspecified atom stereocenters. The van der Waals surface area contributed by atoms with Gasteiger partial charge in [0.15, 0.2) is 0 Å². The fraction of sp³-hybridized carbons (Fsp3) is 0.190. The highest BCUT2D eigenvalue weighted by atomic mass is 16.5. The van der Waals surface area contributed by atoms with E-state index in [1.807, 2.05) is 49.5 Å². The molecule has 1 heterocycles. The normalized spacial score (nSPS) is 10.3. The molecule has 0 saturated heterocycles. The Morgan fingerprint density at radius 3 is 2.40 bits per heavy atom. The lowest BCUT2D eigenvalue weighted by molar-refractivity contribution is 0.289. The molecule has 0 spiro atoms. The number of hydrogen-bond donors (Lipinski definition) is 1. The monoisotopic (exact) mass is 334 g/mol. The number of benzene rings is 2. The second-order valence-electron chi connectivity index (χ2n) is 5.76. The largest absolute Gasteiger partial charge is 0.489 e. The predicted octanol–water partition coefficient (Wildman–Crippen LogP) is 4.59. The first kappa shape index (κ1) is 16.8. The van der Waals surface area contributed by atoms with Crippen LogP contribution in [0.4, 0.5) is 5.69 Å². The zero-order valence-corrected chi connectivity index (χ0v) is 14.5. The van der Waals surface area contributed by atoms with Crippen molar-refractivity contribution in [1.82, 2.24) is 4.98 Å². The maximum atomic E-state index is 5.98. The second-order valence-corrected chi connectivity index (χ2v) is 5.76. The summed E-state index contributed by atoms with van der Waals surface area (Å²) in [5, 5.41) is 3.21. The van der Waals surface area contributed by atoms with Crippen molar-refractivity contribution in [1.29, 1.82) is 0 Å². The van der Waals surface area contributed by atoms with Crippen LogP contribution in [0.3, 0.4) is 0 Å². The summed E-state index contributed by atoms with van der Waals surface area (Å²) in [6.45, 7) is 3.08. The van der Waals surface area contributed by atoms with Gasteiger partial charge in [0.2, 0.25) is 0 Å². The third-order valence-corrected chi connectivity index (χ3v) is 4.00. The van der Waals surface area contributed by atoms with Crippen LogP contribution >= 0.6 is 0 Å². The molecule has 0 amide bonds. The van der Waals surface area contributed by atoms with Gasteiger partial charge in [0.1, 0.15) is 24.7 Å². The van der Waals surface area contributed by atoms with Crippen LogP contribution in [-0.4, -0.2) is 12.0 Å².